The summed E-state index contributed by atoms with van der Waals surface area (Å²) in [4.78, 5) is 31.6. The number of rotatable bonds is 6. The lowest BCUT2D eigenvalue weighted by molar-refractivity contribution is -0.142. The highest BCUT2D eigenvalue weighted by molar-refractivity contribution is 8.00. The van der Waals surface area contributed by atoms with E-state index in [0.29, 0.717) is 24.7 Å². The van der Waals surface area contributed by atoms with Crippen LogP contribution >= 0.6 is 11.8 Å². The van der Waals surface area contributed by atoms with E-state index >= 15 is 0 Å². The molecule has 0 bridgehead atoms. The molecule has 0 saturated carbocycles. The number of carbonyl (C=O) groups excluding carboxylic acids is 1. The molecule has 1 aromatic heterocycles. The van der Waals surface area contributed by atoms with Gasteiger partial charge in [0, 0.05) is 31.9 Å². The molecule has 25 heavy (non-hydrogen) atoms. The van der Waals surface area contributed by atoms with Gasteiger partial charge in [0.25, 0.3) is 5.56 Å². The molecule has 1 aliphatic heterocycles. The van der Waals surface area contributed by atoms with Gasteiger partial charge in [-0.15, -0.1) is 0 Å². The topological polar surface area (TPSA) is 64.4 Å². The Labute approximate surface area is 154 Å². The number of amides is 1. The molecular formula is C18H29N3O3S. The summed E-state index contributed by atoms with van der Waals surface area (Å²) in [6, 6.07) is 1.56. The molecule has 7 heteroatoms. The van der Waals surface area contributed by atoms with Crippen LogP contribution in [-0.4, -0.2) is 50.9 Å². The molecule has 0 aliphatic carbocycles. The van der Waals surface area contributed by atoms with E-state index in [-0.39, 0.29) is 28.9 Å². The molecule has 2 heterocycles. The van der Waals surface area contributed by atoms with Crippen molar-refractivity contribution in [3.8, 4) is 0 Å². The number of aromatic nitrogens is 2. The highest BCUT2D eigenvalue weighted by Gasteiger charge is 2.31. The quantitative estimate of drug-likeness (QED) is 0.570. The number of nitrogens with zero attached hydrogens (tertiary/aromatic N) is 3. The maximum atomic E-state index is 13.1. The summed E-state index contributed by atoms with van der Waals surface area (Å²) in [5.74, 6) is 0.116. The second-order valence-corrected chi connectivity index (χ2v) is 7.85. The van der Waals surface area contributed by atoms with Gasteiger partial charge in [-0.1, -0.05) is 32.0 Å². The van der Waals surface area contributed by atoms with Crippen molar-refractivity contribution in [1.29, 1.82) is 0 Å². The Balaban J connectivity index is 2.22. The van der Waals surface area contributed by atoms with Crippen LogP contribution in [0.5, 0.6) is 0 Å². The minimum absolute atomic E-state index is 0.0471. The highest BCUT2D eigenvalue weighted by atomic mass is 32.2. The van der Waals surface area contributed by atoms with E-state index in [1.54, 1.807) is 13.1 Å². The molecule has 3 atom stereocenters. The van der Waals surface area contributed by atoms with Crippen LogP contribution in [0.25, 0.3) is 0 Å². The van der Waals surface area contributed by atoms with E-state index in [4.69, 9.17) is 4.74 Å². The van der Waals surface area contributed by atoms with Gasteiger partial charge in [-0.05, 0) is 26.7 Å². The minimum atomic E-state index is -0.229. The number of carbonyl (C=O) groups is 1. The molecule has 1 aromatic rings. The largest absolute Gasteiger partial charge is 0.372 e. The molecule has 0 aromatic carbocycles. The van der Waals surface area contributed by atoms with Crippen molar-refractivity contribution in [1.82, 2.24) is 14.5 Å². The van der Waals surface area contributed by atoms with Crippen LogP contribution in [0.4, 0.5) is 0 Å². The average Bonchev–Trinajstić information content (AvgIpc) is 2.56. The first-order valence-corrected chi connectivity index (χ1v) is 9.91. The fourth-order valence-electron chi connectivity index (χ4n) is 3.03. The predicted octanol–water partition coefficient (Wildman–Crippen LogP) is 2.24. The number of hydrogen-bond donors (Lipinski definition) is 0. The van der Waals surface area contributed by atoms with Crippen molar-refractivity contribution in [2.75, 3.05) is 13.1 Å². The van der Waals surface area contributed by atoms with Gasteiger partial charge in [-0.3, -0.25) is 14.2 Å². The lowest BCUT2D eigenvalue weighted by Gasteiger charge is -2.37. The van der Waals surface area contributed by atoms with Gasteiger partial charge in [-0.2, -0.15) is 0 Å². The van der Waals surface area contributed by atoms with Crippen molar-refractivity contribution in [3.05, 3.63) is 22.1 Å². The zero-order valence-electron chi connectivity index (χ0n) is 15.8. The standard InChI is InChI=1S/C18H29N3O3S/c1-6-8-15(17(23)21-10-12(3)24-13(4)11-21)25-18-19-14(7-2)9-16(22)20(18)5/h9,12-13,15H,6-8,10-11H2,1-5H3. The van der Waals surface area contributed by atoms with Gasteiger partial charge in [-0.25, -0.2) is 4.98 Å². The van der Waals surface area contributed by atoms with Crippen LogP contribution in [0.3, 0.4) is 0 Å². The molecule has 1 amide bonds. The predicted molar refractivity (Wildman–Crippen MR) is 100.0 cm³/mol. The molecule has 140 valence electrons. The van der Waals surface area contributed by atoms with Crippen molar-refractivity contribution >= 4 is 17.7 Å². The van der Waals surface area contributed by atoms with E-state index in [1.807, 2.05) is 25.7 Å². The van der Waals surface area contributed by atoms with Crippen LogP contribution in [0.1, 0.15) is 46.2 Å². The van der Waals surface area contributed by atoms with Gasteiger partial charge in [0.2, 0.25) is 5.91 Å². The van der Waals surface area contributed by atoms with Gasteiger partial charge in [0.15, 0.2) is 5.16 Å². The van der Waals surface area contributed by atoms with E-state index < -0.39 is 0 Å². The second kappa shape index (κ2) is 8.85. The Morgan fingerprint density at radius 1 is 1.36 bits per heavy atom. The summed E-state index contributed by atoms with van der Waals surface area (Å²) in [7, 11) is 1.71. The molecule has 0 radical (unpaired) electrons. The van der Waals surface area contributed by atoms with E-state index in [1.165, 1.54) is 16.3 Å². The molecular weight excluding hydrogens is 338 g/mol. The van der Waals surface area contributed by atoms with E-state index in [9.17, 15) is 9.59 Å². The molecule has 1 saturated heterocycles. The molecule has 1 fully saturated rings. The van der Waals surface area contributed by atoms with Crippen LogP contribution in [-0.2, 0) is 23.0 Å². The van der Waals surface area contributed by atoms with Gasteiger partial charge in [0.05, 0.1) is 17.5 Å². The Morgan fingerprint density at radius 3 is 2.56 bits per heavy atom. The lowest BCUT2D eigenvalue weighted by atomic mass is 10.2. The first-order valence-electron chi connectivity index (χ1n) is 9.03. The Kier molecular flexibility index (Phi) is 7.07. The summed E-state index contributed by atoms with van der Waals surface area (Å²) >= 11 is 1.41. The molecule has 0 spiro atoms. The van der Waals surface area contributed by atoms with Crippen molar-refractivity contribution in [3.63, 3.8) is 0 Å². The second-order valence-electron chi connectivity index (χ2n) is 6.68. The molecule has 1 aliphatic rings. The summed E-state index contributed by atoms with van der Waals surface area (Å²) in [5, 5.41) is 0.387. The molecule has 0 N–H and O–H groups in total. The number of morpholine rings is 1. The number of aryl methyl sites for hydroxylation is 1. The molecule has 2 rings (SSSR count). The normalized spacial score (nSPS) is 22.0. The van der Waals surface area contributed by atoms with Crippen LogP contribution in [0.15, 0.2) is 16.0 Å². The summed E-state index contributed by atoms with van der Waals surface area (Å²) in [6.07, 6.45) is 2.46. The monoisotopic (exact) mass is 367 g/mol. The van der Waals surface area contributed by atoms with Gasteiger partial charge >= 0.3 is 0 Å². The third kappa shape index (κ3) is 5.07. The lowest BCUT2D eigenvalue weighted by Crippen LogP contribution is -2.50. The fourth-order valence-corrected chi connectivity index (χ4v) is 4.31. The molecule has 6 nitrogen and oxygen atoms in total. The minimum Gasteiger partial charge on any atom is -0.372 e. The first-order chi connectivity index (χ1) is 11.8. The van der Waals surface area contributed by atoms with Gasteiger partial charge < -0.3 is 9.64 Å². The van der Waals surface area contributed by atoms with E-state index in [0.717, 1.165) is 18.5 Å². The summed E-state index contributed by atoms with van der Waals surface area (Å²) in [6.45, 7) is 9.26. The zero-order chi connectivity index (χ0) is 18.6. The third-order valence-electron chi connectivity index (χ3n) is 4.31. The van der Waals surface area contributed by atoms with Crippen LogP contribution in [0, 0.1) is 0 Å². The smallest absolute Gasteiger partial charge is 0.254 e. The van der Waals surface area contributed by atoms with E-state index in [2.05, 4.69) is 11.9 Å². The zero-order valence-corrected chi connectivity index (χ0v) is 16.6. The Morgan fingerprint density at radius 2 is 2.00 bits per heavy atom. The maximum Gasteiger partial charge on any atom is 0.254 e. The Bertz CT molecular complexity index is 651. The average molecular weight is 368 g/mol. The summed E-state index contributed by atoms with van der Waals surface area (Å²) < 4.78 is 7.26. The fraction of sp³-hybridized carbons (Fsp3) is 0.722. The van der Waals surface area contributed by atoms with Crippen molar-refractivity contribution in [2.45, 2.75) is 69.6 Å². The maximum absolute atomic E-state index is 13.1. The highest BCUT2D eigenvalue weighted by Crippen LogP contribution is 2.27. The number of hydrogen-bond acceptors (Lipinski definition) is 5. The molecule has 3 unspecified atom stereocenters. The van der Waals surface area contributed by atoms with Gasteiger partial charge in [0.1, 0.15) is 0 Å². The third-order valence-corrected chi connectivity index (χ3v) is 5.61. The van der Waals surface area contributed by atoms with Crippen LogP contribution in [0.2, 0.25) is 0 Å². The summed E-state index contributed by atoms with van der Waals surface area (Å²) in [5.41, 5.74) is 0.688. The van der Waals surface area contributed by atoms with Crippen LogP contribution < -0.4 is 5.56 Å². The number of ether oxygens (including phenoxy) is 1. The van der Waals surface area contributed by atoms with Crippen molar-refractivity contribution < 1.29 is 9.53 Å². The number of thioether (sulfide) groups is 1. The SMILES string of the molecule is CCCC(Sc1nc(CC)cc(=O)n1C)C(=O)N1CC(C)OC(C)C1. The Hall–Kier alpha value is -1.34. The first kappa shape index (κ1) is 20.0. The van der Waals surface area contributed by atoms with Crippen molar-refractivity contribution in [2.24, 2.45) is 7.05 Å².